The Labute approximate surface area is 454 Å². The van der Waals surface area contributed by atoms with Gasteiger partial charge in [0.1, 0.15) is 19.3 Å². The summed E-state index contributed by atoms with van der Waals surface area (Å²) >= 11 is 0. The van der Waals surface area contributed by atoms with E-state index in [0.29, 0.717) is 17.4 Å². The number of phosphoric acid groups is 1. The van der Waals surface area contributed by atoms with Crippen LogP contribution in [-0.4, -0.2) is 74.3 Å². The zero-order valence-corrected chi connectivity index (χ0v) is 50.3. The second-order valence-electron chi connectivity index (χ2n) is 22.9. The minimum Gasteiger partial charge on any atom is -0.456 e. The number of unbranched alkanes of at least 4 members (excludes halogenated alkanes) is 40. The number of ether oxygens (including phenoxy) is 1. The number of amides is 1. The van der Waals surface area contributed by atoms with Gasteiger partial charge in [-0.05, 0) is 57.4 Å². The maximum Gasteiger partial charge on any atom is 0.472 e. The van der Waals surface area contributed by atoms with Gasteiger partial charge >= 0.3 is 13.8 Å². The summed E-state index contributed by atoms with van der Waals surface area (Å²) in [6.07, 6.45) is 63.3. The summed E-state index contributed by atoms with van der Waals surface area (Å²) in [5, 5.41) is 3.06. The van der Waals surface area contributed by atoms with Crippen LogP contribution in [0.25, 0.3) is 0 Å². The molecule has 0 saturated carbocycles. The van der Waals surface area contributed by atoms with Crippen LogP contribution < -0.4 is 5.32 Å². The molecular formula is C63H124N2O7P+. The van der Waals surface area contributed by atoms with E-state index < -0.39 is 20.0 Å². The zero-order valence-electron chi connectivity index (χ0n) is 49.4. The number of carbonyl (C=O) groups excluding carboxylic acids is 2. The van der Waals surface area contributed by atoms with Crippen LogP contribution in [0.15, 0.2) is 24.3 Å². The second kappa shape index (κ2) is 53.9. The molecule has 0 aromatic heterocycles. The van der Waals surface area contributed by atoms with Crippen LogP contribution in [-0.2, 0) is 27.9 Å². The fourth-order valence-corrected chi connectivity index (χ4v) is 10.2. The Bertz CT molecular complexity index is 1300. The molecule has 2 N–H and O–H groups in total. The number of hydrogen-bond acceptors (Lipinski definition) is 6. The highest BCUT2D eigenvalue weighted by Crippen LogP contribution is 2.43. The molecule has 73 heavy (non-hydrogen) atoms. The maximum absolute atomic E-state index is 13.5. The molecule has 1 amide bonds. The molecule has 0 spiro atoms. The molecule has 0 aliphatic carbocycles. The summed E-state index contributed by atoms with van der Waals surface area (Å²) in [5.74, 6) is -0.509. The Kier molecular flexibility index (Phi) is 52.8. The van der Waals surface area contributed by atoms with Crippen molar-refractivity contribution < 1.29 is 37.3 Å². The van der Waals surface area contributed by atoms with Crippen molar-refractivity contribution in [3.8, 4) is 0 Å². The molecule has 0 aliphatic rings. The summed E-state index contributed by atoms with van der Waals surface area (Å²) in [4.78, 5) is 37.6. The normalized spacial score (nSPS) is 13.8. The van der Waals surface area contributed by atoms with Gasteiger partial charge < -0.3 is 19.4 Å². The van der Waals surface area contributed by atoms with Gasteiger partial charge in [0.05, 0.1) is 33.8 Å². The smallest absolute Gasteiger partial charge is 0.456 e. The molecule has 0 bridgehead atoms. The average molecular weight is 1050 g/mol. The highest BCUT2D eigenvalue weighted by Gasteiger charge is 2.30. The number of hydrogen-bond donors (Lipinski definition) is 2. The molecular weight excluding hydrogens is 928 g/mol. The highest BCUT2D eigenvalue weighted by atomic mass is 31.2. The number of quaternary nitrogens is 1. The van der Waals surface area contributed by atoms with E-state index in [0.717, 1.165) is 70.6 Å². The minimum absolute atomic E-state index is 0.0415. The number of carbonyl (C=O) groups is 2. The number of likely N-dealkylation sites (N-methyl/N-ethyl adjacent to an activating group) is 1. The molecule has 0 heterocycles. The SMILES string of the molecule is CCCCCCCC/C=C\CCCCCC(=O)OC(/C=C\CCCCCCCCCCC)C(COP(=O)(O)OCC[N+](C)(C)C)NC(=O)CCCCCCCCCCCCCCCCCCCCCCCCC. The fraction of sp³-hybridized carbons (Fsp3) is 0.905. The van der Waals surface area contributed by atoms with Gasteiger partial charge in [-0.3, -0.25) is 18.6 Å². The number of esters is 1. The fourth-order valence-electron chi connectivity index (χ4n) is 9.47. The number of phosphoric ester groups is 1. The Hall–Kier alpha value is -1.51. The van der Waals surface area contributed by atoms with Crippen molar-refractivity contribution in [2.24, 2.45) is 0 Å². The second-order valence-corrected chi connectivity index (χ2v) is 24.4. The predicted molar refractivity (Wildman–Crippen MR) is 314 cm³/mol. The van der Waals surface area contributed by atoms with Gasteiger partial charge in [-0.15, -0.1) is 0 Å². The average Bonchev–Trinajstić information content (AvgIpc) is 3.35. The van der Waals surface area contributed by atoms with Gasteiger partial charge in [-0.1, -0.05) is 270 Å². The van der Waals surface area contributed by atoms with Crippen LogP contribution in [0.5, 0.6) is 0 Å². The third kappa shape index (κ3) is 55.1. The summed E-state index contributed by atoms with van der Waals surface area (Å²) in [6.45, 7) is 7.03. The monoisotopic (exact) mass is 1050 g/mol. The molecule has 0 radical (unpaired) electrons. The molecule has 0 aromatic carbocycles. The third-order valence-electron chi connectivity index (χ3n) is 14.4. The molecule has 10 heteroatoms. The summed E-state index contributed by atoms with van der Waals surface area (Å²) in [7, 11) is 1.50. The Balaban J connectivity index is 5.08. The first-order valence-electron chi connectivity index (χ1n) is 31.7. The molecule has 0 aliphatic heterocycles. The standard InChI is InChI=1S/C63H123N2O7P/c1-7-10-13-16-19-22-25-27-28-29-30-31-32-33-34-35-36-38-40-43-46-49-52-55-62(66)64-60(59-71-73(68,69)70-58-57-65(4,5)6)61(54-51-48-45-42-39-24-21-18-15-12-9-3)72-63(67)56-53-50-47-44-41-37-26-23-20-17-14-11-8-2/h37,41,51,54,60-61H,7-36,38-40,42-50,52-53,55-59H2,1-6H3,(H-,64,66,68,69)/p+1/b41-37-,54-51-. The molecule has 0 fully saturated rings. The summed E-state index contributed by atoms with van der Waals surface area (Å²) in [5.41, 5.74) is 0. The first kappa shape index (κ1) is 71.5. The lowest BCUT2D eigenvalue weighted by atomic mass is 10.0. The van der Waals surface area contributed by atoms with Crippen LogP contribution in [0.3, 0.4) is 0 Å². The Morgan fingerprint density at radius 1 is 0.466 bits per heavy atom. The van der Waals surface area contributed by atoms with Crippen LogP contribution in [0.2, 0.25) is 0 Å². The molecule has 0 aromatic rings. The van der Waals surface area contributed by atoms with Crippen LogP contribution in [0, 0.1) is 0 Å². The van der Waals surface area contributed by atoms with E-state index in [1.54, 1.807) is 0 Å². The van der Waals surface area contributed by atoms with E-state index in [-0.39, 0.29) is 31.5 Å². The molecule has 432 valence electrons. The largest absolute Gasteiger partial charge is 0.472 e. The highest BCUT2D eigenvalue weighted by molar-refractivity contribution is 7.47. The Morgan fingerprint density at radius 2 is 0.795 bits per heavy atom. The van der Waals surface area contributed by atoms with Crippen molar-refractivity contribution in [1.82, 2.24) is 5.32 Å². The third-order valence-corrected chi connectivity index (χ3v) is 15.4. The molecule has 3 unspecified atom stereocenters. The van der Waals surface area contributed by atoms with Crippen molar-refractivity contribution in [2.75, 3.05) is 40.9 Å². The van der Waals surface area contributed by atoms with E-state index in [1.807, 2.05) is 33.3 Å². The predicted octanol–water partition coefficient (Wildman–Crippen LogP) is 19.3. The quantitative estimate of drug-likeness (QED) is 0.0205. The van der Waals surface area contributed by atoms with Crippen molar-refractivity contribution in [3.05, 3.63) is 24.3 Å². The summed E-state index contributed by atoms with van der Waals surface area (Å²) < 4.78 is 30.6. The van der Waals surface area contributed by atoms with Crippen molar-refractivity contribution in [2.45, 2.75) is 328 Å². The van der Waals surface area contributed by atoms with Crippen LogP contribution in [0.1, 0.15) is 316 Å². The van der Waals surface area contributed by atoms with E-state index in [9.17, 15) is 19.0 Å². The first-order valence-corrected chi connectivity index (χ1v) is 33.2. The van der Waals surface area contributed by atoms with Gasteiger partial charge in [0.15, 0.2) is 0 Å². The topological polar surface area (TPSA) is 111 Å². The molecule has 9 nitrogen and oxygen atoms in total. The molecule has 0 rings (SSSR count). The van der Waals surface area contributed by atoms with E-state index in [2.05, 4.69) is 38.2 Å². The van der Waals surface area contributed by atoms with Gasteiger partial charge in [-0.2, -0.15) is 0 Å². The van der Waals surface area contributed by atoms with Crippen LogP contribution in [0.4, 0.5) is 0 Å². The first-order chi connectivity index (χ1) is 35.4. The minimum atomic E-state index is -4.44. The summed E-state index contributed by atoms with van der Waals surface area (Å²) in [6, 6.07) is -0.848. The van der Waals surface area contributed by atoms with E-state index in [4.69, 9.17) is 13.8 Å². The zero-order chi connectivity index (χ0) is 53.6. The number of rotatable bonds is 58. The van der Waals surface area contributed by atoms with Crippen molar-refractivity contribution >= 4 is 19.7 Å². The lowest BCUT2D eigenvalue weighted by Gasteiger charge is -2.27. The van der Waals surface area contributed by atoms with Crippen molar-refractivity contribution in [1.29, 1.82) is 0 Å². The van der Waals surface area contributed by atoms with E-state index in [1.165, 1.54) is 212 Å². The lowest BCUT2D eigenvalue weighted by molar-refractivity contribution is -0.870. The Morgan fingerprint density at radius 3 is 1.18 bits per heavy atom. The number of allylic oxidation sites excluding steroid dienone is 3. The van der Waals surface area contributed by atoms with Gasteiger partial charge in [0, 0.05) is 12.8 Å². The van der Waals surface area contributed by atoms with Gasteiger partial charge in [0.2, 0.25) is 5.91 Å². The van der Waals surface area contributed by atoms with Gasteiger partial charge in [-0.25, -0.2) is 4.57 Å². The lowest BCUT2D eigenvalue weighted by Crippen LogP contribution is -2.47. The maximum atomic E-state index is 13.5. The van der Waals surface area contributed by atoms with Gasteiger partial charge in [0.25, 0.3) is 0 Å². The molecule has 0 saturated heterocycles. The van der Waals surface area contributed by atoms with E-state index >= 15 is 0 Å². The van der Waals surface area contributed by atoms with Crippen LogP contribution >= 0.6 is 7.82 Å². The van der Waals surface area contributed by atoms with Crippen molar-refractivity contribution in [3.63, 3.8) is 0 Å². The molecule has 3 atom stereocenters. The number of nitrogens with zero attached hydrogens (tertiary/aromatic N) is 1. The number of nitrogens with one attached hydrogen (secondary N) is 1.